The van der Waals surface area contributed by atoms with E-state index in [0.717, 1.165) is 32.3 Å². The number of phenolic OH excluding ortho intramolecular Hbond substituents is 2. The van der Waals surface area contributed by atoms with Gasteiger partial charge in [-0.05, 0) is 217 Å². The van der Waals surface area contributed by atoms with Crippen LogP contribution in [0.15, 0.2) is 289 Å². The van der Waals surface area contributed by atoms with Gasteiger partial charge in [0.2, 0.25) is 0 Å². The number of fused-ring (bicyclic) bond motifs is 3. The third-order valence-corrected chi connectivity index (χ3v) is 18.5. The summed E-state index contributed by atoms with van der Waals surface area (Å²) in [7, 11) is 3.78. The zero-order chi connectivity index (χ0) is 73.0. The van der Waals surface area contributed by atoms with Gasteiger partial charge in [-0.3, -0.25) is 38.4 Å². The van der Waals surface area contributed by atoms with Crippen LogP contribution in [-0.4, -0.2) is 71.3 Å². The first-order valence-corrected chi connectivity index (χ1v) is 33.8. The van der Waals surface area contributed by atoms with Crippen molar-refractivity contribution in [2.45, 2.75) is 29.1 Å². The van der Waals surface area contributed by atoms with E-state index in [4.69, 9.17) is 0 Å². The molecule has 514 valence electrons. The molecule has 19 heteroatoms. The largest absolute Gasteiger partial charge is 0.506 e. The normalized spacial score (nSPS) is 11.4. The summed E-state index contributed by atoms with van der Waals surface area (Å²) in [4.78, 5) is 104. The van der Waals surface area contributed by atoms with E-state index in [-0.39, 0.29) is 74.1 Å². The predicted molar refractivity (Wildman–Crippen MR) is 410 cm³/mol. The average Bonchev–Trinajstić information content (AvgIpc) is 1.54. The summed E-state index contributed by atoms with van der Waals surface area (Å²) in [6.45, 7) is 2.81. The second-order valence-electron chi connectivity index (χ2n) is 24.3. The van der Waals surface area contributed by atoms with Gasteiger partial charge in [0.25, 0.3) is 35.4 Å². The van der Waals surface area contributed by atoms with Crippen molar-refractivity contribution in [3.8, 4) is 22.6 Å². The monoisotopic (exact) mass is 1390 g/mol. The predicted octanol–water partition coefficient (Wildman–Crippen LogP) is 17.3. The number of nitrogens with one attached hydrogen (secondary N) is 8. The molecule has 12 aromatic carbocycles. The molecule has 18 nitrogen and oxygen atoms in total. The zero-order valence-electron chi connectivity index (χ0n) is 56.6. The van der Waals surface area contributed by atoms with Gasteiger partial charge >= 0.3 is 0 Å². The van der Waals surface area contributed by atoms with Crippen LogP contribution in [0.3, 0.4) is 0 Å². The van der Waals surface area contributed by atoms with Gasteiger partial charge in [-0.2, -0.15) is 0 Å². The lowest BCUT2D eigenvalue weighted by Crippen LogP contribution is -2.28. The number of ketones is 2. The fourth-order valence-corrected chi connectivity index (χ4v) is 13.0. The van der Waals surface area contributed by atoms with Crippen LogP contribution in [0.5, 0.6) is 11.5 Å². The maximum absolute atomic E-state index is 13.6. The van der Waals surface area contributed by atoms with E-state index in [9.17, 15) is 48.6 Å². The smallest absolute Gasteiger partial charge is 0.255 e. The first-order valence-electron chi connectivity index (χ1n) is 32.9. The standard InChI is InChI=1S/C49H38N4O5.C36H30N4O5S/c1-30(54)31-9-7-10-32(27-31)48(58)53-44-29-39(25-26-45(44)55)52-47(57)34-12-8-11-33(28-34)46(56)51-38-23-19-36(20-24-38)49(35-17-21-37(50-2)22-18-35)42-15-5-3-13-40(42)41-14-4-6-16-43(41)49;1-22(41)23-5-3-6-24(19-23)36(45)40-32-21-29(13-18-33(32)42)39-35(44)26-8-4-7-25(20-26)34(43)38-28-11-16-31(17-12-28)46-30-14-9-27(37-2)10-15-30/h3-29,50,55H,1-2H3,(H,51,56)(H,52,57)(H,53,58);3-21,37,42H,1-2H3,(H,38,43)(H,39,44)(H,40,45). The quantitative estimate of drug-likeness (QED) is 0.0193. The number of carbonyl (C=O) groups is 8. The highest BCUT2D eigenvalue weighted by molar-refractivity contribution is 7.99. The van der Waals surface area contributed by atoms with E-state index in [1.54, 1.807) is 84.6 Å². The molecule has 0 aliphatic heterocycles. The van der Waals surface area contributed by atoms with E-state index >= 15 is 0 Å². The van der Waals surface area contributed by atoms with Gasteiger partial charge in [-0.15, -0.1) is 0 Å². The number of amides is 6. The molecule has 0 heterocycles. The lowest BCUT2D eigenvalue weighted by Gasteiger charge is -2.34. The molecule has 1 aliphatic rings. The van der Waals surface area contributed by atoms with Crippen molar-refractivity contribution in [1.82, 2.24) is 0 Å². The van der Waals surface area contributed by atoms with Crippen LogP contribution >= 0.6 is 11.8 Å². The molecule has 0 atom stereocenters. The molecule has 10 N–H and O–H groups in total. The first-order chi connectivity index (χ1) is 50.3. The number of phenols is 2. The molecular weight excluding hydrogens is 1330 g/mol. The molecule has 1 aliphatic carbocycles. The highest BCUT2D eigenvalue weighted by Gasteiger charge is 2.46. The van der Waals surface area contributed by atoms with Gasteiger partial charge in [0.1, 0.15) is 11.5 Å². The molecule has 0 spiro atoms. The lowest BCUT2D eigenvalue weighted by atomic mass is 9.67. The van der Waals surface area contributed by atoms with Crippen molar-refractivity contribution in [1.29, 1.82) is 0 Å². The topological polar surface area (TPSA) is 273 Å². The summed E-state index contributed by atoms with van der Waals surface area (Å²) in [5.41, 5.74) is 12.6. The van der Waals surface area contributed by atoms with Gasteiger partial charge < -0.3 is 52.7 Å². The van der Waals surface area contributed by atoms with Crippen LogP contribution < -0.4 is 42.5 Å². The van der Waals surface area contributed by atoms with E-state index in [2.05, 4.69) is 127 Å². The molecule has 0 bridgehead atoms. The number of hydrogen-bond acceptors (Lipinski definition) is 13. The summed E-state index contributed by atoms with van der Waals surface area (Å²) >= 11 is 1.61. The SMILES string of the molecule is CNc1ccc(C2(c3ccc(NC(=O)c4cccc(C(=O)Nc5ccc(O)c(NC(=O)c6cccc(C(C)=O)c6)c5)c4)cc3)c3ccccc3-c3ccccc32)cc1.CNc1ccc(Sc2ccc(NC(=O)c3cccc(C(=O)Nc4ccc(O)c(NC(=O)c5cccc(C(C)=O)c5)c4)c3)cc2)cc1. The van der Waals surface area contributed by atoms with Crippen LogP contribution in [0.2, 0.25) is 0 Å². The van der Waals surface area contributed by atoms with Gasteiger partial charge in [0, 0.05) is 103 Å². The highest BCUT2D eigenvalue weighted by atomic mass is 32.2. The Hall–Kier alpha value is -13.7. The van der Waals surface area contributed by atoms with Crippen LogP contribution in [0, 0.1) is 0 Å². The summed E-state index contributed by atoms with van der Waals surface area (Å²) in [6, 6.07) is 82.6. The summed E-state index contributed by atoms with van der Waals surface area (Å²) in [5.74, 6) is -3.61. The van der Waals surface area contributed by atoms with Gasteiger partial charge in [-0.1, -0.05) is 121 Å². The minimum absolute atomic E-state index is 0.0640. The molecule has 0 saturated heterocycles. The second-order valence-corrected chi connectivity index (χ2v) is 25.4. The fraction of sp³-hybridized carbons (Fsp3) is 0.0588. The third kappa shape index (κ3) is 15.8. The number of carbonyl (C=O) groups excluding carboxylic acids is 8. The van der Waals surface area contributed by atoms with Gasteiger partial charge in [0.15, 0.2) is 11.6 Å². The Morgan fingerprint density at radius 2 is 0.567 bits per heavy atom. The zero-order valence-corrected chi connectivity index (χ0v) is 57.4. The Kier molecular flexibility index (Phi) is 21.1. The number of benzene rings is 12. The van der Waals surface area contributed by atoms with Crippen molar-refractivity contribution >= 4 is 104 Å². The Balaban J connectivity index is 0.000000201. The minimum Gasteiger partial charge on any atom is -0.506 e. The van der Waals surface area contributed by atoms with Crippen molar-refractivity contribution in [3.63, 3.8) is 0 Å². The van der Waals surface area contributed by atoms with E-state index < -0.39 is 29.0 Å². The number of anilines is 8. The van der Waals surface area contributed by atoms with Crippen molar-refractivity contribution in [2.24, 2.45) is 0 Å². The second kappa shape index (κ2) is 31.3. The molecule has 0 saturated carbocycles. The molecule has 0 fully saturated rings. The Morgan fingerprint density at radius 1 is 0.288 bits per heavy atom. The molecule has 0 aromatic heterocycles. The number of rotatable bonds is 20. The molecule has 6 amide bonds. The lowest BCUT2D eigenvalue weighted by molar-refractivity contribution is 0.100. The fourth-order valence-electron chi connectivity index (χ4n) is 12.1. The van der Waals surface area contributed by atoms with E-state index in [1.807, 2.05) is 74.8 Å². The van der Waals surface area contributed by atoms with Crippen molar-refractivity contribution in [2.75, 3.05) is 56.6 Å². The highest BCUT2D eigenvalue weighted by Crippen LogP contribution is 2.56. The van der Waals surface area contributed by atoms with Crippen LogP contribution in [0.25, 0.3) is 11.1 Å². The number of aromatic hydroxyl groups is 2. The molecular formula is C85H68N8O10S. The minimum atomic E-state index is -0.588. The van der Waals surface area contributed by atoms with E-state index in [1.165, 1.54) is 96.8 Å². The summed E-state index contributed by atoms with van der Waals surface area (Å²) in [5, 5.41) is 43.7. The molecule has 0 unspecified atom stereocenters. The maximum Gasteiger partial charge on any atom is 0.255 e. The Morgan fingerprint density at radius 3 is 0.913 bits per heavy atom. The van der Waals surface area contributed by atoms with Crippen LogP contribution in [0.4, 0.5) is 45.5 Å². The van der Waals surface area contributed by atoms with Crippen molar-refractivity contribution in [3.05, 3.63) is 346 Å². The van der Waals surface area contributed by atoms with E-state index in [0.29, 0.717) is 39.4 Å². The van der Waals surface area contributed by atoms with Gasteiger partial charge in [-0.25, -0.2) is 0 Å². The Labute approximate surface area is 603 Å². The summed E-state index contributed by atoms with van der Waals surface area (Å²) in [6.07, 6.45) is 0. The first kappa shape index (κ1) is 70.2. The van der Waals surface area contributed by atoms with Crippen molar-refractivity contribution < 1.29 is 48.6 Å². The summed E-state index contributed by atoms with van der Waals surface area (Å²) < 4.78 is 0. The van der Waals surface area contributed by atoms with Crippen LogP contribution in [-0.2, 0) is 5.41 Å². The maximum atomic E-state index is 13.6. The molecule has 13 rings (SSSR count). The average molecular weight is 1390 g/mol. The number of hydrogen-bond donors (Lipinski definition) is 10. The number of Topliss-reactive ketones (excluding diaryl/α,β-unsaturated/α-hetero) is 2. The third-order valence-electron chi connectivity index (χ3n) is 17.5. The van der Waals surface area contributed by atoms with Crippen LogP contribution in [0.1, 0.15) is 119 Å². The van der Waals surface area contributed by atoms with Gasteiger partial charge in [0.05, 0.1) is 16.8 Å². The Bertz CT molecular complexity index is 5270. The molecule has 12 aromatic rings. The molecule has 0 radical (unpaired) electrons. The molecule has 104 heavy (non-hydrogen) atoms.